The summed E-state index contributed by atoms with van der Waals surface area (Å²) in [5, 5.41) is 16.5. The van der Waals surface area contributed by atoms with Gasteiger partial charge in [0.05, 0.1) is 5.69 Å². The number of hydrogen-bond donors (Lipinski definition) is 2. The van der Waals surface area contributed by atoms with Crippen molar-refractivity contribution in [3.8, 4) is 5.69 Å². The van der Waals surface area contributed by atoms with Crippen molar-refractivity contribution in [2.75, 3.05) is 11.9 Å². The van der Waals surface area contributed by atoms with E-state index in [4.69, 9.17) is 0 Å². The number of aromatic nitrogens is 4. The monoisotopic (exact) mass is 350 g/mol. The van der Waals surface area contributed by atoms with Gasteiger partial charge in [0.25, 0.3) is 0 Å². The van der Waals surface area contributed by atoms with E-state index in [9.17, 15) is 9.59 Å². The smallest absolute Gasteiger partial charge is 0.313 e. The molecule has 0 aliphatic rings. The Kier molecular flexibility index (Phi) is 5.33. The van der Waals surface area contributed by atoms with E-state index in [0.29, 0.717) is 30.2 Å². The van der Waals surface area contributed by atoms with Gasteiger partial charge in [0.15, 0.2) is 5.82 Å². The maximum atomic E-state index is 12.0. The highest BCUT2D eigenvalue weighted by Crippen LogP contribution is 2.14. The number of anilines is 1. The molecule has 0 spiro atoms. The number of benzene rings is 2. The molecule has 26 heavy (non-hydrogen) atoms. The second-order valence-electron chi connectivity index (χ2n) is 5.63. The molecule has 0 bridgehead atoms. The predicted molar refractivity (Wildman–Crippen MR) is 95.7 cm³/mol. The number of nitrogens with zero attached hydrogens (tertiary/aromatic N) is 4. The van der Waals surface area contributed by atoms with Crippen LogP contribution in [-0.4, -0.2) is 38.6 Å². The molecular formula is C18H18N6O2. The lowest BCUT2D eigenvalue weighted by Gasteiger charge is -2.08. The highest BCUT2D eigenvalue weighted by atomic mass is 16.2. The van der Waals surface area contributed by atoms with Crippen molar-refractivity contribution in [3.05, 3.63) is 66.0 Å². The summed E-state index contributed by atoms with van der Waals surface area (Å²) in [5.41, 5.74) is 2.27. The van der Waals surface area contributed by atoms with Crippen LogP contribution >= 0.6 is 0 Å². The second-order valence-corrected chi connectivity index (χ2v) is 5.63. The summed E-state index contributed by atoms with van der Waals surface area (Å²) in [6.45, 7) is 2.16. The lowest BCUT2D eigenvalue weighted by molar-refractivity contribution is -0.136. The van der Waals surface area contributed by atoms with Crippen LogP contribution < -0.4 is 10.6 Å². The van der Waals surface area contributed by atoms with Crippen LogP contribution in [0.1, 0.15) is 11.4 Å². The predicted octanol–water partition coefficient (Wildman–Crippen LogP) is 1.27. The van der Waals surface area contributed by atoms with Crippen molar-refractivity contribution in [2.45, 2.75) is 13.3 Å². The van der Waals surface area contributed by atoms with Crippen molar-refractivity contribution < 1.29 is 9.59 Å². The first-order chi connectivity index (χ1) is 12.6. The summed E-state index contributed by atoms with van der Waals surface area (Å²) < 4.78 is 1.54. The zero-order valence-corrected chi connectivity index (χ0v) is 14.2. The van der Waals surface area contributed by atoms with Gasteiger partial charge in [-0.15, -0.1) is 5.10 Å². The molecule has 3 rings (SSSR count). The topological polar surface area (TPSA) is 102 Å². The molecule has 0 saturated heterocycles. The molecule has 0 fully saturated rings. The van der Waals surface area contributed by atoms with E-state index in [2.05, 4.69) is 26.2 Å². The summed E-state index contributed by atoms with van der Waals surface area (Å²) in [4.78, 5) is 24.0. The maximum absolute atomic E-state index is 12.0. The fourth-order valence-electron chi connectivity index (χ4n) is 2.42. The Balaban J connectivity index is 1.56. The number of nitrogens with one attached hydrogen (secondary N) is 2. The minimum Gasteiger partial charge on any atom is -0.347 e. The molecule has 2 aromatic carbocycles. The number of tetrazole rings is 1. The van der Waals surface area contributed by atoms with Crippen LogP contribution in [0.15, 0.2) is 54.6 Å². The highest BCUT2D eigenvalue weighted by molar-refractivity contribution is 6.39. The van der Waals surface area contributed by atoms with Gasteiger partial charge in [-0.3, -0.25) is 9.59 Å². The molecule has 2 amide bonds. The largest absolute Gasteiger partial charge is 0.347 e. The zero-order valence-electron chi connectivity index (χ0n) is 14.2. The van der Waals surface area contributed by atoms with Crippen LogP contribution in [0.25, 0.3) is 5.69 Å². The van der Waals surface area contributed by atoms with Crippen LogP contribution in [0.4, 0.5) is 5.69 Å². The van der Waals surface area contributed by atoms with E-state index < -0.39 is 11.8 Å². The molecule has 0 aliphatic carbocycles. The van der Waals surface area contributed by atoms with Gasteiger partial charge in [-0.25, -0.2) is 0 Å². The van der Waals surface area contributed by atoms with Gasteiger partial charge < -0.3 is 10.6 Å². The minimum atomic E-state index is -0.719. The molecule has 1 aromatic heterocycles. The molecular weight excluding hydrogens is 332 g/mol. The second kappa shape index (κ2) is 8.02. The SMILES string of the molecule is Cc1nnnn1-c1cccc(NC(=O)C(=O)NCCc2ccccc2)c1. The van der Waals surface area contributed by atoms with Gasteiger partial charge in [-0.05, 0) is 47.5 Å². The molecule has 3 aromatic rings. The first-order valence-electron chi connectivity index (χ1n) is 8.12. The van der Waals surface area contributed by atoms with Crippen molar-refractivity contribution >= 4 is 17.5 Å². The Hall–Kier alpha value is -3.55. The van der Waals surface area contributed by atoms with Gasteiger partial charge in [-0.1, -0.05) is 36.4 Å². The summed E-state index contributed by atoms with van der Waals surface area (Å²) in [6, 6.07) is 16.7. The Bertz CT molecular complexity index is 907. The van der Waals surface area contributed by atoms with E-state index in [1.165, 1.54) is 4.68 Å². The van der Waals surface area contributed by atoms with Gasteiger partial charge in [0.1, 0.15) is 0 Å². The lowest BCUT2D eigenvalue weighted by Crippen LogP contribution is -2.36. The van der Waals surface area contributed by atoms with Gasteiger partial charge >= 0.3 is 11.8 Å². The van der Waals surface area contributed by atoms with Crippen LogP contribution in [0.2, 0.25) is 0 Å². The molecule has 0 unspecified atom stereocenters. The minimum absolute atomic E-state index is 0.389. The van der Waals surface area contributed by atoms with Gasteiger partial charge in [-0.2, -0.15) is 4.68 Å². The van der Waals surface area contributed by atoms with Crippen LogP contribution in [-0.2, 0) is 16.0 Å². The zero-order chi connectivity index (χ0) is 18.4. The Morgan fingerprint density at radius 2 is 1.85 bits per heavy atom. The molecule has 8 heteroatoms. The van der Waals surface area contributed by atoms with E-state index in [1.54, 1.807) is 31.2 Å². The van der Waals surface area contributed by atoms with Crippen molar-refractivity contribution in [1.82, 2.24) is 25.5 Å². The number of carbonyl (C=O) groups is 2. The van der Waals surface area contributed by atoms with Gasteiger partial charge in [0.2, 0.25) is 0 Å². The quantitative estimate of drug-likeness (QED) is 0.675. The van der Waals surface area contributed by atoms with Crippen LogP contribution in [0.3, 0.4) is 0 Å². The fourth-order valence-corrected chi connectivity index (χ4v) is 2.42. The molecule has 0 saturated carbocycles. The third-order valence-corrected chi connectivity index (χ3v) is 3.72. The first-order valence-corrected chi connectivity index (χ1v) is 8.12. The van der Waals surface area contributed by atoms with Crippen molar-refractivity contribution in [2.24, 2.45) is 0 Å². The fraction of sp³-hybridized carbons (Fsp3) is 0.167. The summed E-state index contributed by atoms with van der Waals surface area (Å²) in [7, 11) is 0. The maximum Gasteiger partial charge on any atom is 0.313 e. The molecule has 2 N–H and O–H groups in total. The molecule has 0 aliphatic heterocycles. The molecule has 132 valence electrons. The number of amides is 2. The van der Waals surface area contributed by atoms with E-state index >= 15 is 0 Å². The average molecular weight is 350 g/mol. The summed E-state index contributed by atoms with van der Waals surface area (Å²) in [5.74, 6) is -0.777. The third kappa shape index (κ3) is 4.29. The van der Waals surface area contributed by atoms with Crippen molar-refractivity contribution in [3.63, 3.8) is 0 Å². The normalized spacial score (nSPS) is 10.3. The summed E-state index contributed by atoms with van der Waals surface area (Å²) in [6.07, 6.45) is 0.661. The standard InChI is InChI=1S/C18H18N6O2/c1-13-21-22-23-24(13)16-9-5-8-15(12-16)20-18(26)17(25)19-11-10-14-6-3-2-4-7-14/h2-9,12H,10-11H2,1H3,(H,19,25)(H,20,26). The Labute approximate surface area is 150 Å². The molecule has 0 atom stereocenters. The number of aryl methyl sites for hydroxylation is 1. The Morgan fingerprint density at radius 1 is 1.04 bits per heavy atom. The number of carbonyl (C=O) groups excluding carboxylic acids is 2. The van der Waals surface area contributed by atoms with Crippen LogP contribution in [0, 0.1) is 6.92 Å². The Morgan fingerprint density at radius 3 is 2.58 bits per heavy atom. The number of rotatable bonds is 5. The van der Waals surface area contributed by atoms with E-state index in [-0.39, 0.29) is 0 Å². The van der Waals surface area contributed by atoms with Crippen molar-refractivity contribution in [1.29, 1.82) is 0 Å². The first kappa shape index (κ1) is 17.3. The summed E-state index contributed by atoms with van der Waals surface area (Å²) >= 11 is 0. The van der Waals surface area contributed by atoms with E-state index in [0.717, 1.165) is 5.56 Å². The highest BCUT2D eigenvalue weighted by Gasteiger charge is 2.14. The van der Waals surface area contributed by atoms with Crippen LogP contribution in [0.5, 0.6) is 0 Å². The molecule has 0 radical (unpaired) electrons. The number of hydrogen-bond acceptors (Lipinski definition) is 5. The van der Waals surface area contributed by atoms with Gasteiger partial charge in [0, 0.05) is 12.2 Å². The average Bonchev–Trinajstić information content (AvgIpc) is 3.08. The molecule has 1 heterocycles. The van der Waals surface area contributed by atoms with E-state index in [1.807, 2.05) is 30.3 Å². The molecule has 8 nitrogen and oxygen atoms in total. The third-order valence-electron chi connectivity index (χ3n) is 3.72. The lowest BCUT2D eigenvalue weighted by atomic mass is 10.1.